The topological polar surface area (TPSA) is 53.3 Å². The molecule has 1 aliphatic heterocycles. The molecule has 0 bridgehead atoms. The number of hydrogen-bond donors (Lipinski definition) is 2. The van der Waals surface area contributed by atoms with Crippen LogP contribution >= 0.6 is 12.2 Å². The van der Waals surface area contributed by atoms with Gasteiger partial charge in [-0.3, -0.25) is 4.98 Å². The summed E-state index contributed by atoms with van der Waals surface area (Å²) in [7, 11) is 0. The first-order valence-electron chi connectivity index (χ1n) is 10.4. The zero-order valence-corrected chi connectivity index (χ0v) is 18.5. The van der Waals surface area contributed by atoms with Crippen LogP contribution in [0.4, 0.5) is 0 Å². The number of nitrogens with zero attached hydrogens (tertiary/aromatic N) is 3. The van der Waals surface area contributed by atoms with Crippen molar-refractivity contribution < 1.29 is 5.11 Å². The van der Waals surface area contributed by atoms with Crippen molar-refractivity contribution in [3.63, 3.8) is 0 Å². The Bertz CT molecular complexity index is 1050. The van der Waals surface area contributed by atoms with Crippen molar-refractivity contribution in [2.75, 3.05) is 13.2 Å². The number of nitrogens with one attached hydrogen (secondary N) is 1. The Labute approximate surface area is 183 Å². The Morgan fingerprint density at radius 1 is 1.13 bits per heavy atom. The van der Waals surface area contributed by atoms with Gasteiger partial charge in [-0.1, -0.05) is 31.2 Å². The van der Waals surface area contributed by atoms with Gasteiger partial charge in [0, 0.05) is 29.8 Å². The van der Waals surface area contributed by atoms with E-state index in [2.05, 4.69) is 70.9 Å². The molecule has 0 amide bonds. The zero-order chi connectivity index (χ0) is 21.3. The van der Waals surface area contributed by atoms with Gasteiger partial charge in [0.25, 0.3) is 0 Å². The lowest BCUT2D eigenvalue weighted by molar-refractivity contribution is 0.223. The summed E-state index contributed by atoms with van der Waals surface area (Å²) in [6, 6.07) is 16.7. The van der Waals surface area contributed by atoms with E-state index in [4.69, 9.17) is 12.2 Å². The molecule has 1 aliphatic rings. The highest BCUT2D eigenvalue weighted by atomic mass is 32.1. The molecule has 2 N–H and O–H groups in total. The van der Waals surface area contributed by atoms with Crippen LogP contribution in [0, 0.1) is 13.8 Å². The normalized spacial score (nSPS) is 18.7. The Kier molecular flexibility index (Phi) is 5.88. The van der Waals surface area contributed by atoms with E-state index in [9.17, 15) is 5.11 Å². The highest BCUT2D eigenvalue weighted by Gasteiger charge is 2.41. The molecule has 156 valence electrons. The fourth-order valence-electron chi connectivity index (χ4n) is 4.58. The molecule has 1 saturated heterocycles. The number of rotatable bonds is 6. The maximum absolute atomic E-state index is 9.69. The molecule has 3 heterocycles. The Morgan fingerprint density at radius 3 is 2.60 bits per heavy atom. The summed E-state index contributed by atoms with van der Waals surface area (Å²) in [4.78, 5) is 6.68. The van der Waals surface area contributed by atoms with Crippen LogP contribution in [0.1, 0.15) is 47.2 Å². The lowest BCUT2D eigenvalue weighted by Crippen LogP contribution is -2.32. The second kappa shape index (κ2) is 8.58. The van der Waals surface area contributed by atoms with E-state index >= 15 is 0 Å². The molecule has 5 nitrogen and oxygen atoms in total. The van der Waals surface area contributed by atoms with E-state index in [1.165, 1.54) is 28.2 Å². The van der Waals surface area contributed by atoms with E-state index in [1.807, 2.05) is 24.4 Å². The van der Waals surface area contributed by atoms with Crippen LogP contribution in [0.15, 0.2) is 54.7 Å². The van der Waals surface area contributed by atoms with Crippen LogP contribution in [-0.4, -0.2) is 37.8 Å². The maximum Gasteiger partial charge on any atom is 0.170 e. The molecule has 2 atom stereocenters. The van der Waals surface area contributed by atoms with Crippen molar-refractivity contribution in [1.82, 2.24) is 19.8 Å². The van der Waals surface area contributed by atoms with Crippen molar-refractivity contribution in [2.45, 2.75) is 39.3 Å². The largest absolute Gasteiger partial charge is 0.395 e. The molecule has 3 aromatic rings. The average molecular weight is 421 g/mol. The fourth-order valence-corrected chi connectivity index (χ4v) is 4.91. The third-order valence-electron chi connectivity index (χ3n) is 5.94. The monoisotopic (exact) mass is 420 g/mol. The number of β-amino-alcohol motifs (C(OH)–C–C–N with tert-alkyl or cyclic N) is 1. The average Bonchev–Trinajstić information content (AvgIpc) is 3.24. The second-order valence-corrected chi connectivity index (χ2v) is 8.07. The molecule has 30 heavy (non-hydrogen) atoms. The van der Waals surface area contributed by atoms with Gasteiger partial charge in [0.1, 0.15) is 0 Å². The quantitative estimate of drug-likeness (QED) is 0.590. The number of pyridine rings is 1. The van der Waals surface area contributed by atoms with Crippen LogP contribution in [0.5, 0.6) is 0 Å². The number of para-hydroxylation sites is 1. The molecule has 0 spiro atoms. The summed E-state index contributed by atoms with van der Waals surface area (Å²) in [5.41, 5.74) is 7.06. The summed E-state index contributed by atoms with van der Waals surface area (Å²) < 4.78 is 2.34. The van der Waals surface area contributed by atoms with Crippen LogP contribution in [0.2, 0.25) is 0 Å². The minimum atomic E-state index is -0.0689. The number of aromatic nitrogens is 2. The van der Waals surface area contributed by atoms with Gasteiger partial charge in [-0.05, 0) is 67.9 Å². The molecule has 1 aromatic carbocycles. The van der Waals surface area contributed by atoms with Gasteiger partial charge in [0.2, 0.25) is 0 Å². The minimum absolute atomic E-state index is 0.0340. The first kappa shape index (κ1) is 20.6. The van der Waals surface area contributed by atoms with Crippen molar-refractivity contribution in [2.24, 2.45) is 0 Å². The van der Waals surface area contributed by atoms with Gasteiger partial charge < -0.3 is 19.9 Å². The lowest BCUT2D eigenvalue weighted by atomic mass is 9.97. The van der Waals surface area contributed by atoms with Gasteiger partial charge >= 0.3 is 0 Å². The summed E-state index contributed by atoms with van der Waals surface area (Å²) in [5, 5.41) is 13.8. The van der Waals surface area contributed by atoms with E-state index in [-0.39, 0.29) is 18.7 Å². The molecule has 2 aromatic heterocycles. The molecule has 4 rings (SSSR count). The number of aryl methyl sites for hydroxylation is 2. The SMILES string of the molecule is CCc1ccccc1-n1c(C)cc([C@H]2[C@H](c3ccccn3)NC(=S)N2CCO)c1C. The van der Waals surface area contributed by atoms with Gasteiger partial charge in [0.05, 0.1) is 24.4 Å². The van der Waals surface area contributed by atoms with Gasteiger partial charge in [-0.2, -0.15) is 0 Å². The third-order valence-corrected chi connectivity index (χ3v) is 6.29. The predicted molar refractivity (Wildman–Crippen MR) is 124 cm³/mol. The van der Waals surface area contributed by atoms with Gasteiger partial charge in [-0.25, -0.2) is 0 Å². The predicted octanol–water partition coefficient (Wildman–Crippen LogP) is 4.02. The number of thiocarbonyl (C=S) groups is 1. The molecule has 0 unspecified atom stereocenters. The summed E-state index contributed by atoms with van der Waals surface area (Å²) >= 11 is 5.65. The highest BCUT2D eigenvalue weighted by molar-refractivity contribution is 7.80. The molecule has 6 heteroatoms. The van der Waals surface area contributed by atoms with Crippen LogP contribution in [-0.2, 0) is 6.42 Å². The Hall–Kier alpha value is -2.70. The summed E-state index contributed by atoms with van der Waals surface area (Å²) in [5.74, 6) is 0. The molecule has 0 radical (unpaired) electrons. The number of hydrogen-bond acceptors (Lipinski definition) is 3. The van der Waals surface area contributed by atoms with Crippen molar-refractivity contribution in [3.05, 3.63) is 82.9 Å². The number of aliphatic hydroxyl groups excluding tert-OH is 1. The van der Waals surface area contributed by atoms with Gasteiger partial charge in [-0.15, -0.1) is 0 Å². The molecular formula is C24H28N4OS. The smallest absolute Gasteiger partial charge is 0.170 e. The number of aliphatic hydroxyl groups is 1. The zero-order valence-electron chi connectivity index (χ0n) is 17.7. The van der Waals surface area contributed by atoms with E-state index in [0.29, 0.717) is 11.7 Å². The first-order valence-corrected chi connectivity index (χ1v) is 10.8. The molecular weight excluding hydrogens is 392 g/mol. The Balaban J connectivity index is 1.85. The minimum Gasteiger partial charge on any atom is -0.395 e. The van der Waals surface area contributed by atoms with Crippen LogP contribution < -0.4 is 5.32 Å². The van der Waals surface area contributed by atoms with Crippen LogP contribution in [0.25, 0.3) is 5.69 Å². The van der Waals surface area contributed by atoms with Crippen molar-refractivity contribution in [3.8, 4) is 5.69 Å². The summed E-state index contributed by atoms with van der Waals surface area (Å²) in [6.45, 7) is 7.03. The molecule has 0 aliphatic carbocycles. The summed E-state index contributed by atoms with van der Waals surface area (Å²) in [6.07, 6.45) is 2.79. The maximum atomic E-state index is 9.69. The first-order chi connectivity index (χ1) is 14.6. The van der Waals surface area contributed by atoms with Crippen LogP contribution in [0.3, 0.4) is 0 Å². The highest BCUT2D eigenvalue weighted by Crippen LogP contribution is 2.41. The van der Waals surface area contributed by atoms with E-state index in [1.54, 1.807) is 0 Å². The standard InChI is InChI=1S/C24H28N4OS/c1-4-18-9-5-6-11-21(18)28-16(2)15-19(17(28)3)23-22(20-10-7-8-12-25-20)26-24(30)27(23)13-14-29/h5-12,15,22-23,29H,4,13-14H2,1-3H3,(H,26,30)/t22-,23-/m0/s1. The molecule has 0 saturated carbocycles. The van der Waals surface area contributed by atoms with E-state index in [0.717, 1.165) is 12.1 Å². The molecule has 1 fully saturated rings. The van der Waals surface area contributed by atoms with Crippen molar-refractivity contribution in [1.29, 1.82) is 0 Å². The fraction of sp³-hybridized carbons (Fsp3) is 0.333. The Morgan fingerprint density at radius 2 is 1.90 bits per heavy atom. The second-order valence-electron chi connectivity index (χ2n) is 7.69. The number of benzene rings is 1. The van der Waals surface area contributed by atoms with Gasteiger partial charge in [0.15, 0.2) is 5.11 Å². The third kappa shape index (κ3) is 3.50. The lowest BCUT2D eigenvalue weighted by Gasteiger charge is -2.27. The van der Waals surface area contributed by atoms with Crippen molar-refractivity contribution >= 4 is 17.3 Å². The van der Waals surface area contributed by atoms with E-state index < -0.39 is 0 Å².